The second kappa shape index (κ2) is 6.59. The summed E-state index contributed by atoms with van der Waals surface area (Å²) in [5.74, 6) is 1.49. The Kier molecular flexibility index (Phi) is 4.51. The first-order valence-electron chi connectivity index (χ1n) is 8.22. The number of methoxy groups -OCH3 is 2. The van der Waals surface area contributed by atoms with Crippen LogP contribution >= 0.6 is 0 Å². The second-order valence-electron chi connectivity index (χ2n) is 6.19. The van der Waals surface area contributed by atoms with Crippen molar-refractivity contribution in [3.8, 4) is 11.5 Å². The molecule has 0 radical (unpaired) electrons. The SMILES string of the molecule is COc1ccc(C2CCCN2C(=O)c2ccc(C)n2C)cc1OC. The Morgan fingerprint density at radius 1 is 1.12 bits per heavy atom. The fourth-order valence-electron chi connectivity index (χ4n) is 3.39. The Bertz CT molecular complexity index is 751. The maximum Gasteiger partial charge on any atom is 0.270 e. The van der Waals surface area contributed by atoms with E-state index in [1.165, 1.54) is 0 Å². The summed E-state index contributed by atoms with van der Waals surface area (Å²) in [6.45, 7) is 2.79. The zero-order chi connectivity index (χ0) is 17.3. The second-order valence-corrected chi connectivity index (χ2v) is 6.19. The van der Waals surface area contributed by atoms with Gasteiger partial charge in [-0.3, -0.25) is 4.79 Å². The Hall–Kier alpha value is -2.43. The molecule has 24 heavy (non-hydrogen) atoms. The number of aryl methyl sites for hydroxylation is 1. The molecule has 0 saturated carbocycles. The van der Waals surface area contributed by atoms with Gasteiger partial charge in [0.05, 0.1) is 20.3 Å². The van der Waals surface area contributed by atoms with Crippen LogP contribution < -0.4 is 9.47 Å². The third-order valence-corrected chi connectivity index (χ3v) is 4.90. The van der Waals surface area contributed by atoms with Gasteiger partial charge in [-0.2, -0.15) is 0 Å². The number of aromatic nitrogens is 1. The highest BCUT2D eigenvalue weighted by Crippen LogP contribution is 2.37. The number of hydrogen-bond donors (Lipinski definition) is 0. The number of nitrogens with zero attached hydrogens (tertiary/aromatic N) is 2. The number of carbonyl (C=O) groups excluding carboxylic acids is 1. The molecule has 128 valence electrons. The number of amides is 1. The van der Waals surface area contributed by atoms with E-state index in [0.717, 1.165) is 36.3 Å². The highest BCUT2D eigenvalue weighted by atomic mass is 16.5. The van der Waals surface area contributed by atoms with Crippen LogP contribution in [-0.4, -0.2) is 36.1 Å². The molecule has 2 heterocycles. The van der Waals surface area contributed by atoms with Crippen LogP contribution in [0.1, 0.15) is 40.6 Å². The molecule has 1 unspecified atom stereocenters. The zero-order valence-corrected chi connectivity index (χ0v) is 14.7. The van der Waals surface area contributed by atoms with Crippen LogP contribution in [0.5, 0.6) is 11.5 Å². The van der Waals surface area contributed by atoms with Crippen molar-refractivity contribution in [2.75, 3.05) is 20.8 Å². The van der Waals surface area contributed by atoms with Crippen LogP contribution in [0.15, 0.2) is 30.3 Å². The number of rotatable bonds is 4. The number of likely N-dealkylation sites (tertiary alicyclic amines) is 1. The highest BCUT2D eigenvalue weighted by molar-refractivity contribution is 5.93. The van der Waals surface area contributed by atoms with E-state index in [9.17, 15) is 4.79 Å². The molecule has 1 aliphatic heterocycles. The molecule has 2 aromatic rings. The van der Waals surface area contributed by atoms with Crippen molar-refractivity contribution in [2.45, 2.75) is 25.8 Å². The fraction of sp³-hybridized carbons (Fsp3) is 0.421. The molecule has 0 bridgehead atoms. The first kappa shape index (κ1) is 16.4. The van der Waals surface area contributed by atoms with Crippen molar-refractivity contribution in [1.29, 1.82) is 0 Å². The van der Waals surface area contributed by atoms with Gasteiger partial charge in [-0.15, -0.1) is 0 Å². The Balaban J connectivity index is 1.91. The lowest BCUT2D eigenvalue weighted by Gasteiger charge is -2.26. The number of hydrogen-bond acceptors (Lipinski definition) is 3. The lowest BCUT2D eigenvalue weighted by Crippen LogP contribution is -2.32. The summed E-state index contributed by atoms with van der Waals surface area (Å²) in [4.78, 5) is 15.0. The molecule has 1 aromatic carbocycles. The van der Waals surface area contributed by atoms with Crippen molar-refractivity contribution < 1.29 is 14.3 Å². The summed E-state index contributed by atoms with van der Waals surface area (Å²) in [5, 5.41) is 0. The number of benzene rings is 1. The molecule has 1 aliphatic rings. The molecule has 0 spiro atoms. The van der Waals surface area contributed by atoms with Crippen LogP contribution in [0.3, 0.4) is 0 Å². The first-order valence-corrected chi connectivity index (χ1v) is 8.22. The molecule has 5 heteroatoms. The van der Waals surface area contributed by atoms with E-state index in [2.05, 4.69) is 0 Å². The van der Waals surface area contributed by atoms with Gasteiger partial charge in [-0.1, -0.05) is 6.07 Å². The molecule has 1 fully saturated rings. The van der Waals surface area contributed by atoms with Gasteiger partial charge in [0, 0.05) is 19.3 Å². The summed E-state index contributed by atoms with van der Waals surface area (Å²) < 4.78 is 12.7. The van der Waals surface area contributed by atoms with Crippen LogP contribution in [0.4, 0.5) is 0 Å². The predicted molar refractivity (Wildman–Crippen MR) is 92.7 cm³/mol. The van der Waals surface area contributed by atoms with E-state index in [1.54, 1.807) is 14.2 Å². The van der Waals surface area contributed by atoms with Crippen molar-refractivity contribution in [2.24, 2.45) is 7.05 Å². The lowest BCUT2D eigenvalue weighted by molar-refractivity contribution is 0.0725. The van der Waals surface area contributed by atoms with E-state index < -0.39 is 0 Å². The van der Waals surface area contributed by atoms with E-state index in [4.69, 9.17) is 9.47 Å². The summed E-state index contributed by atoms with van der Waals surface area (Å²) in [6.07, 6.45) is 1.97. The molecule has 1 atom stereocenters. The molecule has 3 rings (SSSR count). The third-order valence-electron chi connectivity index (χ3n) is 4.90. The minimum atomic E-state index is 0.0764. The van der Waals surface area contributed by atoms with Gasteiger partial charge in [0.15, 0.2) is 11.5 Å². The quantitative estimate of drug-likeness (QED) is 0.865. The van der Waals surface area contributed by atoms with Gasteiger partial charge in [0.1, 0.15) is 5.69 Å². The molecule has 1 amide bonds. The molecule has 0 aliphatic carbocycles. The van der Waals surface area contributed by atoms with Crippen LogP contribution in [0.2, 0.25) is 0 Å². The van der Waals surface area contributed by atoms with E-state index in [1.807, 2.05) is 53.8 Å². The largest absolute Gasteiger partial charge is 0.493 e. The molecule has 5 nitrogen and oxygen atoms in total. The number of ether oxygens (including phenoxy) is 2. The smallest absolute Gasteiger partial charge is 0.270 e. The molecular weight excluding hydrogens is 304 g/mol. The predicted octanol–water partition coefficient (Wildman–Crippen LogP) is 3.33. The highest BCUT2D eigenvalue weighted by Gasteiger charge is 2.32. The Labute approximate surface area is 142 Å². The maximum atomic E-state index is 13.0. The van der Waals surface area contributed by atoms with Crippen molar-refractivity contribution >= 4 is 5.91 Å². The van der Waals surface area contributed by atoms with Crippen LogP contribution in [0, 0.1) is 6.92 Å². The van der Waals surface area contributed by atoms with E-state index in [0.29, 0.717) is 11.5 Å². The van der Waals surface area contributed by atoms with Gasteiger partial charge in [-0.05, 0) is 49.6 Å². The normalized spacial score (nSPS) is 17.2. The lowest BCUT2D eigenvalue weighted by atomic mass is 10.0. The van der Waals surface area contributed by atoms with Gasteiger partial charge < -0.3 is 18.9 Å². The molecule has 1 aromatic heterocycles. The van der Waals surface area contributed by atoms with Gasteiger partial charge in [0.25, 0.3) is 5.91 Å². The Morgan fingerprint density at radius 2 is 1.88 bits per heavy atom. The number of carbonyl (C=O) groups is 1. The van der Waals surface area contributed by atoms with Crippen LogP contribution in [-0.2, 0) is 7.05 Å². The standard InChI is InChI=1S/C19H24N2O3/c1-13-7-9-16(20(13)2)19(22)21-11-5-6-15(21)14-8-10-17(23-3)18(12-14)24-4/h7-10,12,15H,5-6,11H2,1-4H3. The minimum absolute atomic E-state index is 0.0764. The van der Waals surface area contributed by atoms with E-state index in [-0.39, 0.29) is 11.9 Å². The minimum Gasteiger partial charge on any atom is -0.493 e. The summed E-state index contributed by atoms with van der Waals surface area (Å²) in [6, 6.07) is 9.87. The van der Waals surface area contributed by atoms with Crippen molar-refractivity contribution in [3.05, 3.63) is 47.3 Å². The van der Waals surface area contributed by atoms with Gasteiger partial charge in [-0.25, -0.2) is 0 Å². The molecular formula is C19H24N2O3. The summed E-state index contributed by atoms with van der Waals surface area (Å²) in [5.41, 5.74) is 2.91. The van der Waals surface area contributed by atoms with Crippen molar-refractivity contribution in [1.82, 2.24) is 9.47 Å². The zero-order valence-electron chi connectivity index (χ0n) is 14.7. The third kappa shape index (κ3) is 2.75. The fourth-order valence-corrected chi connectivity index (χ4v) is 3.39. The average molecular weight is 328 g/mol. The molecule has 1 saturated heterocycles. The first-order chi connectivity index (χ1) is 11.6. The topological polar surface area (TPSA) is 43.7 Å². The molecule has 0 N–H and O–H groups in total. The van der Waals surface area contributed by atoms with E-state index >= 15 is 0 Å². The van der Waals surface area contributed by atoms with Gasteiger partial charge in [0.2, 0.25) is 0 Å². The van der Waals surface area contributed by atoms with Crippen molar-refractivity contribution in [3.63, 3.8) is 0 Å². The van der Waals surface area contributed by atoms with Crippen LogP contribution in [0.25, 0.3) is 0 Å². The average Bonchev–Trinajstić information content (AvgIpc) is 3.21. The summed E-state index contributed by atoms with van der Waals surface area (Å²) in [7, 11) is 5.19. The Morgan fingerprint density at radius 3 is 2.50 bits per heavy atom. The summed E-state index contributed by atoms with van der Waals surface area (Å²) >= 11 is 0. The van der Waals surface area contributed by atoms with Gasteiger partial charge >= 0.3 is 0 Å². The monoisotopic (exact) mass is 328 g/mol. The maximum absolute atomic E-state index is 13.0.